The molecule has 3 N–H and O–H groups in total. The van der Waals surface area contributed by atoms with Gasteiger partial charge in [0.1, 0.15) is 17.3 Å². The predicted molar refractivity (Wildman–Crippen MR) is 184 cm³/mol. The maximum Gasteiger partial charge on any atom is 0.435 e. The number of anilines is 1. The Morgan fingerprint density at radius 1 is 0.904 bits per heavy atom. The molecular formula is C35H28ClF4N5O6S. The summed E-state index contributed by atoms with van der Waals surface area (Å²) in [6.45, 7) is -0.396. The van der Waals surface area contributed by atoms with Crippen molar-refractivity contribution in [3.8, 4) is 22.6 Å². The number of sulfone groups is 1. The van der Waals surface area contributed by atoms with Crippen molar-refractivity contribution >= 4 is 44.8 Å². The minimum absolute atomic E-state index is 0.0623. The lowest BCUT2D eigenvalue weighted by atomic mass is 10.0. The number of methoxy groups -OCH3 is 1. The SMILES string of the molecule is COc1ccc(-n2nc(C(F)(F)F)cc2C(=O)Nc2ccc(-c3ccccc3S(C)(=O)=O)cc2F)c(C(=O)NCC(=O)NCc2ccc(Cl)cc2)c1. The first kappa shape index (κ1) is 37.5. The van der Waals surface area contributed by atoms with Crippen LogP contribution in [0.1, 0.15) is 32.1 Å². The molecule has 3 amide bonds. The molecule has 0 spiro atoms. The number of hydrogen-bond donors (Lipinski definition) is 3. The van der Waals surface area contributed by atoms with Crippen molar-refractivity contribution in [2.75, 3.05) is 25.2 Å². The summed E-state index contributed by atoms with van der Waals surface area (Å²) >= 11 is 5.87. The Morgan fingerprint density at radius 2 is 1.62 bits per heavy atom. The zero-order valence-corrected chi connectivity index (χ0v) is 28.8. The lowest BCUT2D eigenvalue weighted by molar-refractivity contribution is -0.141. The molecule has 0 aliphatic rings. The molecule has 1 heterocycles. The summed E-state index contributed by atoms with van der Waals surface area (Å²) in [6.07, 6.45) is -4.04. The van der Waals surface area contributed by atoms with Crippen molar-refractivity contribution in [3.05, 3.63) is 124 Å². The van der Waals surface area contributed by atoms with Crippen LogP contribution in [-0.4, -0.2) is 55.8 Å². The zero-order valence-electron chi connectivity index (χ0n) is 27.2. The van der Waals surface area contributed by atoms with Gasteiger partial charge in [-0.1, -0.05) is 48.0 Å². The van der Waals surface area contributed by atoms with E-state index in [4.69, 9.17) is 16.3 Å². The first-order valence-corrected chi connectivity index (χ1v) is 17.4. The molecular weight excluding hydrogens is 730 g/mol. The van der Waals surface area contributed by atoms with Gasteiger partial charge in [0, 0.05) is 29.5 Å². The fraction of sp³-hybridized carbons (Fsp3) is 0.143. The molecule has 0 aliphatic carbocycles. The van der Waals surface area contributed by atoms with Gasteiger partial charge in [-0.05, 0) is 59.7 Å². The molecule has 0 fully saturated rings. The predicted octanol–water partition coefficient (Wildman–Crippen LogP) is 6.06. The molecule has 11 nitrogen and oxygen atoms in total. The second kappa shape index (κ2) is 15.2. The Kier molecular flexibility index (Phi) is 11.0. The molecule has 270 valence electrons. The Labute approximate surface area is 299 Å². The van der Waals surface area contributed by atoms with Crippen LogP contribution < -0.4 is 20.7 Å². The van der Waals surface area contributed by atoms with E-state index in [9.17, 15) is 36.0 Å². The van der Waals surface area contributed by atoms with Crippen molar-refractivity contribution in [2.24, 2.45) is 0 Å². The average Bonchev–Trinajstić information content (AvgIpc) is 3.57. The average molecular weight is 758 g/mol. The Balaban J connectivity index is 1.43. The highest BCUT2D eigenvalue weighted by atomic mass is 35.5. The summed E-state index contributed by atoms with van der Waals surface area (Å²) in [5, 5.41) is 11.3. The monoisotopic (exact) mass is 757 g/mol. The van der Waals surface area contributed by atoms with E-state index in [2.05, 4.69) is 21.0 Å². The van der Waals surface area contributed by atoms with Gasteiger partial charge in [0.2, 0.25) is 5.91 Å². The number of carbonyl (C=O) groups is 3. The van der Waals surface area contributed by atoms with Crippen LogP contribution in [0, 0.1) is 5.82 Å². The van der Waals surface area contributed by atoms with E-state index in [0.29, 0.717) is 15.8 Å². The minimum atomic E-state index is -5.03. The second-order valence-electron chi connectivity index (χ2n) is 11.2. The smallest absolute Gasteiger partial charge is 0.435 e. The third-order valence-corrected chi connectivity index (χ3v) is 8.94. The summed E-state index contributed by atoms with van der Waals surface area (Å²) in [6, 6.07) is 20.1. The molecule has 0 radical (unpaired) electrons. The third kappa shape index (κ3) is 8.76. The molecule has 0 bridgehead atoms. The van der Waals surface area contributed by atoms with Gasteiger partial charge in [-0.15, -0.1) is 0 Å². The van der Waals surface area contributed by atoms with Gasteiger partial charge in [-0.25, -0.2) is 17.5 Å². The minimum Gasteiger partial charge on any atom is -0.497 e. The molecule has 4 aromatic carbocycles. The summed E-state index contributed by atoms with van der Waals surface area (Å²) in [5.74, 6) is -3.62. The van der Waals surface area contributed by atoms with Crippen molar-refractivity contribution in [1.82, 2.24) is 20.4 Å². The standard InChI is InChI=1S/C35H28ClF4N5O6S/c1-51-23-12-14-28(25(16-23)33(47)42-19-32(46)41-18-20-7-10-22(36)11-8-20)45-29(17-31(44-45)35(38,39)40)34(48)43-27-13-9-21(15-26(27)37)24-5-3-4-6-30(24)52(2,49)50/h3-17H,18-19H2,1-2H3,(H,41,46)(H,42,47)(H,43,48). The number of alkyl halides is 3. The van der Waals surface area contributed by atoms with E-state index in [1.54, 1.807) is 30.3 Å². The highest BCUT2D eigenvalue weighted by Crippen LogP contribution is 2.33. The molecule has 1 aromatic heterocycles. The van der Waals surface area contributed by atoms with Crippen LogP contribution in [0.3, 0.4) is 0 Å². The number of amides is 3. The van der Waals surface area contributed by atoms with Crippen LogP contribution in [-0.2, 0) is 27.4 Å². The first-order chi connectivity index (χ1) is 24.5. The van der Waals surface area contributed by atoms with Crippen molar-refractivity contribution in [1.29, 1.82) is 0 Å². The summed E-state index contributed by atoms with van der Waals surface area (Å²) in [5.41, 5.74) is -2.17. The fourth-order valence-electron chi connectivity index (χ4n) is 4.99. The normalized spacial score (nSPS) is 11.5. The van der Waals surface area contributed by atoms with E-state index in [-0.39, 0.29) is 39.6 Å². The molecule has 0 saturated heterocycles. The van der Waals surface area contributed by atoms with Crippen molar-refractivity contribution in [2.45, 2.75) is 17.6 Å². The topological polar surface area (TPSA) is 148 Å². The number of carbonyl (C=O) groups excluding carboxylic acids is 3. The van der Waals surface area contributed by atoms with Crippen molar-refractivity contribution < 1.29 is 45.1 Å². The van der Waals surface area contributed by atoms with Crippen molar-refractivity contribution in [3.63, 3.8) is 0 Å². The number of rotatable bonds is 11. The van der Waals surface area contributed by atoms with Gasteiger partial charge < -0.3 is 20.7 Å². The van der Waals surface area contributed by atoms with Crippen LogP contribution in [0.2, 0.25) is 5.02 Å². The number of hydrogen-bond acceptors (Lipinski definition) is 7. The first-order valence-electron chi connectivity index (χ1n) is 15.1. The van der Waals surface area contributed by atoms with E-state index >= 15 is 4.39 Å². The molecule has 17 heteroatoms. The summed E-state index contributed by atoms with van der Waals surface area (Å²) in [7, 11) is -2.40. The van der Waals surface area contributed by atoms with E-state index in [1.807, 2.05) is 0 Å². The zero-order chi connectivity index (χ0) is 37.8. The molecule has 52 heavy (non-hydrogen) atoms. The van der Waals surface area contributed by atoms with Gasteiger partial charge in [-0.2, -0.15) is 18.3 Å². The van der Waals surface area contributed by atoms with Crippen LogP contribution in [0.25, 0.3) is 16.8 Å². The molecule has 0 aliphatic heterocycles. The summed E-state index contributed by atoms with van der Waals surface area (Å²) in [4.78, 5) is 39.3. The molecule has 5 aromatic rings. The van der Waals surface area contributed by atoms with Gasteiger partial charge in [0.05, 0.1) is 35.5 Å². The molecule has 0 saturated carbocycles. The van der Waals surface area contributed by atoms with Gasteiger partial charge in [-0.3, -0.25) is 14.4 Å². The van der Waals surface area contributed by atoms with Gasteiger partial charge in [0.15, 0.2) is 15.5 Å². The Bertz CT molecular complexity index is 2280. The molecule has 0 unspecified atom stereocenters. The number of nitrogens with one attached hydrogen (secondary N) is 3. The van der Waals surface area contributed by atoms with Crippen LogP contribution in [0.5, 0.6) is 5.75 Å². The van der Waals surface area contributed by atoms with Crippen LogP contribution in [0.15, 0.2) is 95.9 Å². The second-order valence-corrected chi connectivity index (χ2v) is 13.6. The van der Waals surface area contributed by atoms with E-state index in [0.717, 1.165) is 24.0 Å². The Hall–Kier alpha value is -5.74. The van der Waals surface area contributed by atoms with Crippen LogP contribution >= 0.6 is 11.6 Å². The fourth-order valence-corrected chi connectivity index (χ4v) is 6.03. The number of aromatic nitrogens is 2. The van der Waals surface area contributed by atoms with Crippen LogP contribution in [0.4, 0.5) is 23.2 Å². The Morgan fingerprint density at radius 3 is 2.27 bits per heavy atom. The van der Waals surface area contributed by atoms with E-state index < -0.39 is 63.2 Å². The largest absolute Gasteiger partial charge is 0.497 e. The van der Waals surface area contributed by atoms with E-state index in [1.165, 1.54) is 49.6 Å². The number of nitrogens with zero attached hydrogens (tertiary/aromatic N) is 2. The van der Waals surface area contributed by atoms with Gasteiger partial charge >= 0.3 is 6.18 Å². The highest BCUT2D eigenvalue weighted by molar-refractivity contribution is 7.90. The molecule has 5 rings (SSSR count). The maximum absolute atomic E-state index is 15.4. The molecule has 0 atom stereocenters. The summed E-state index contributed by atoms with van der Waals surface area (Å²) < 4.78 is 87.4. The lowest BCUT2D eigenvalue weighted by Gasteiger charge is -2.15. The number of halogens is 5. The maximum atomic E-state index is 15.4. The lowest BCUT2D eigenvalue weighted by Crippen LogP contribution is -2.37. The number of benzene rings is 4. The highest BCUT2D eigenvalue weighted by Gasteiger charge is 2.37. The van der Waals surface area contributed by atoms with Gasteiger partial charge in [0.25, 0.3) is 11.8 Å². The number of ether oxygens (including phenoxy) is 1. The quantitative estimate of drug-likeness (QED) is 0.139. The third-order valence-electron chi connectivity index (χ3n) is 7.54.